The Morgan fingerprint density at radius 2 is 1.63 bits per heavy atom. The zero-order valence-corrected chi connectivity index (χ0v) is 29.5. The molecule has 2 aromatic rings. The third kappa shape index (κ3) is 9.86. The van der Waals surface area contributed by atoms with Crippen LogP contribution in [0, 0.1) is 0 Å². The van der Waals surface area contributed by atoms with Crippen molar-refractivity contribution < 1.29 is 33.4 Å². The number of benzene rings is 2. The van der Waals surface area contributed by atoms with Crippen LogP contribution in [0.2, 0.25) is 0 Å². The van der Waals surface area contributed by atoms with Crippen molar-refractivity contribution in [3.8, 4) is 5.75 Å². The van der Waals surface area contributed by atoms with Gasteiger partial charge in [0.15, 0.2) is 6.61 Å². The monoisotopic (exact) mass is 676 g/mol. The normalized spacial score (nSPS) is 16.3. The number of unbranched alkanes of at least 4 members (excludes halogenated alkanes) is 1. The lowest BCUT2D eigenvalue weighted by atomic mass is 9.93. The number of ether oxygens (including phenoxy) is 2. The molecular formula is C36H48N6O7. The highest BCUT2D eigenvalue weighted by Gasteiger charge is 2.40. The lowest BCUT2D eigenvalue weighted by Crippen LogP contribution is -2.52. The van der Waals surface area contributed by atoms with Crippen molar-refractivity contribution in [3.63, 3.8) is 0 Å². The third-order valence-corrected chi connectivity index (χ3v) is 8.15. The van der Waals surface area contributed by atoms with Crippen LogP contribution in [0.25, 0.3) is 0 Å². The highest BCUT2D eigenvalue weighted by Crippen LogP contribution is 2.40. The summed E-state index contributed by atoms with van der Waals surface area (Å²) in [5.74, 6) is -0.551. The van der Waals surface area contributed by atoms with Gasteiger partial charge in [-0.3, -0.25) is 24.5 Å². The van der Waals surface area contributed by atoms with Gasteiger partial charge in [0.2, 0.25) is 11.8 Å². The minimum Gasteiger partial charge on any atom is -0.483 e. The SMILES string of the molecule is CC(C)c1cc(/N=N/c2cccc3c2CN(C2CCC(=O)NC2=O)C3=O)cc(C(C)C)c1OCC(=O)NCCCCNC(=O)OC(C)(C)C. The molecule has 1 atom stereocenters. The van der Waals surface area contributed by atoms with Crippen LogP contribution in [0.15, 0.2) is 40.6 Å². The number of nitrogens with one attached hydrogen (secondary N) is 3. The van der Waals surface area contributed by atoms with Crippen LogP contribution in [-0.4, -0.2) is 66.0 Å². The number of alkyl carbamates (subject to hydrolysis) is 1. The molecule has 2 aliphatic heterocycles. The molecule has 5 amide bonds. The highest BCUT2D eigenvalue weighted by molar-refractivity contribution is 6.06. The molecule has 49 heavy (non-hydrogen) atoms. The Bertz CT molecular complexity index is 1580. The van der Waals surface area contributed by atoms with Crippen molar-refractivity contribution in [1.82, 2.24) is 20.9 Å². The van der Waals surface area contributed by atoms with E-state index in [-0.39, 0.29) is 55.6 Å². The first kappa shape index (κ1) is 37.0. The van der Waals surface area contributed by atoms with Crippen molar-refractivity contribution >= 4 is 41.1 Å². The van der Waals surface area contributed by atoms with E-state index < -0.39 is 23.6 Å². The van der Waals surface area contributed by atoms with Crippen molar-refractivity contribution in [2.45, 2.75) is 104 Å². The number of nitrogens with zero attached hydrogens (tertiary/aromatic N) is 3. The molecular weight excluding hydrogens is 628 g/mol. The van der Waals surface area contributed by atoms with Gasteiger partial charge in [0, 0.05) is 37.2 Å². The number of hydrogen-bond donors (Lipinski definition) is 3. The van der Waals surface area contributed by atoms with Crippen molar-refractivity contribution in [1.29, 1.82) is 0 Å². The molecule has 0 spiro atoms. The van der Waals surface area contributed by atoms with E-state index in [4.69, 9.17) is 9.47 Å². The number of piperidine rings is 1. The summed E-state index contributed by atoms with van der Waals surface area (Å²) in [6.45, 7) is 14.5. The highest BCUT2D eigenvalue weighted by atomic mass is 16.6. The molecule has 3 N–H and O–H groups in total. The molecule has 0 saturated carbocycles. The summed E-state index contributed by atoms with van der Waals surface area (Å²) in [5.41, 5.74) is 3.50. The molecule has 2 aliphatic rings. The molecule has 0 aromatic heterocycles. The van der Waals surface area contributed by atoms with Gasteiger partial charge in [0.05, 0.1) is 11.4 Å². The summed E-state index contributed by atoms with van der Waals surface area (Å²) in [4.78, 5) is 63.2. The predicted molar refractivity (Wildman–Crippen MR) is 183 cm³/mol. The van der Waals surface area contributed by atoms with Crippen LogP contribution in [0.3, 0.4) is 0 Å². The first-order chi connectivity index (χ1) is 23.1. The molecule has 4 rings (SSSR count). The van der Waals surface area contributed by atoms with E-state index in [0.29, 0.717) is 54.2 Å². The van der Waals surface area contributed by atoms with Crippen LogP contribution in [0.1, 0.15) is 113 Å². The molecule has 1 unspecified atom stereocenters. The number of hydrogen-bond acceptors (Lipinski definition) is 9. The van der Waals surface area contributed by atoms with Gasteiger partial charge in [-0.2, -0.15) is 10.2 Å². The van der Waals surface area contributed by atoms with Gasteiger partial charge < -0.3 is 25.0 Å². The smallest absolute Gasteiger partial charge is 0.407 e. The Hall–Kier alpha value is -4.81. The van der Waals surface area contributed by atoms with Crippen LogP contribution in [0.5, 0.6) is 5.75 Å². The van der Waals surface area contributed by atoms with Crippen LogP contribution >= 0.6 is 0 Å². The molecule has 264 valence electrons. The molecule has 13 nitrogen and oxygen atoms in total. The number of rotatable bonds is 13. The summed E-state index contributed by atoms with van der Waals surface area (Å²) in [7, 11) is 0. The van der Waals surface area contributed by atoms with Gasteiger partial charge in [-0.1, -0.05) is 33.8 Å². The second kappa shape index (κ2) is 16.1. The maximum atomic E-state index is 13.2. The Balaban J connectivity index is 1.40. The van der Waals surface area contributed by atoms with Gasteiger partial charge in [-0.15, -0.1) is 0 Å². The van der Waals surface area contributed by atoms with E-state index in [1.165, 1.54) is 4.90 Å². The van der Waals surface area contributed by atoms with Crippen LogP contribution in [0.4, 0.5) is 16.2 Å². The standard InChI is InChI=1S/C36H48N6O7/c1-21(2)25-17-23(40-41-28-12-10-11-24-27(28)19-42(34(24)46)29-13-14-30(43)39-33(29)45)18-26(22(3)4)32(25)48-20-31(44)37-15-8-9-16-38-35(47)49-36(5,6)7/h10-12,17-18,21-22,29H,8-9,13-16,19-20H2,1-7H3,(H,37,44)(H,38,47)(H,39,43,45)/b41-40+. The number of carbonyl (C=O) groups is 5. The fraction of sp³-hybridized carbons (Fsp3) is 0.528. The molecule has 0 bridgehead atoms. The number of azo groups is 1. The second-order valence-corrected chi connectivity index (χ2v) is 13.9. The van der Waals surface area contributed by atoms with Crippen molar-refractivity contribution in [2.75, 3.05) is 19.7 Å². The summed E-state index contributed by atoms with van der Waals surface area (Å²) in [6.07, 6.45) is 1.37. The third-order valence-electron chi connectivity index (χ3n) is 8.15. The quantitative estimate of drug-likeness (QED) is 0.135. The van der Waals surface area contributed by atoms with Crippen molar-refractivity contribution in [2.24, 2.45) is 10.2 Å². The van der Waals surface area contributed by atoms with E-state index in [9.17, 15) is 24.0 Å². The fourth-order valence-corrected chi connectivity index (χ4v) is 5.69. The van der Waals surface area contributed by atoms with Gasteiger partial charge in [-0.05, 0) is 87.3 Å². The first-order valence-electron chi connectivity index (χ1n) is 16.9. The summed E-state index contributed by atoms with van der Waals surface area (Å²) in [5, 5.41) is 17.0. The maximum Gasteiger partial charge on any atom is 0.407 e. The number of amides is 5. The molecule has 13 heteroatoms. The molecule has 1 fully saturated rings. The molecule has 2 heterocycles. The van der Waals surface area contributed by atoms with Gasteiger partial charge in [0.1, 0.15) is 17.4 Å². The average Bonchev–Trinajstić information content (AvgIpc) is 3.35. The van der Waals surface area contributed by atoms with E-state index in [1.807, 2.05) is 39.8 Å². The van der Waals surface area contributed by atoms with Crippen molar-refractivity contribution in [3.05, 3.63) is 52.6 Å². The summed E-state index contributed by atoms with van der Waals surface area (Å²) < 4.78 is 11.3. The van der Waals surface area contributed by atoms with Gasteiger partial charge >= 0.3 is 6.09 Å². The lowest BCUT2D eigenvalue weighted by molar-refractivity contribution is -0.137. The zero-order chi connectivity index (χ0) is 35.9. The van der Waals surface area contributed by atoms with E-state index >= 15 is 0 Å². The Morgan fingerprint density at radius 3 is 2.24 bits per heavy atom. The Labute approximate surface area is 287 Å². The minimum atomic E-state index is -0.715. The van der Waals surface area contributed by atoms with Gasteiger partial charge in [-0.25, -0.2) is 4.79 Å². The summed E-state index contributed by atoms with van der Waals surface area (Å²) in [6, 6.07) is 8.31. The largest absolute Gasteiger partial charge is 0.483 e. The van der Waals surface area contributed by atoms with Crippen LogP contribution in [-0.2, 0) is 25.7 Å². The van der Waals surface area contributed by atoms with Gasteiger partial charge in [0.25, 0.3) is 11.8 Å². The maximum absolute atomic E-state index is 13.2. The average molecular weight is 677 g/mol. The molecule has 2 aromatic carbocycles. The summed E-state index contributed by atoms with van der Waals surface area (Å²) >= 11 is 0. The molecule has 0 aliphatic carbocycles. The molecule has 0 radical (unpaired) electrons. The van der Waals surface area contributed by atoms with E-state index in [1.54, 1.807) is 39.0 Å². The first-order valence-corrected chi connectivity index (χ1v) is 16.9. The predicted octanol–water partition coefficient (Wildman–Crippen LogP) is 5.91. The number of imide groups is 1. The van der Waals surface area contributed by atoms with E-state index in [0.717, 1.165) is 11.1 Å². The minimum absolute atomic E-state index is 0.0591. The Kier molecular flexibility index (Phi) is 12.1. The topological polar surface area (TPSA) is 168 Å². The number of carbonyl (C=O) groups excluding carboxylic acids is 5. The second-order valence-electron chi connectivity index (χ2n) is 13.9. The number of fused-ring (bicyclic) bond motifs is 1. The zero-order valence-electron chi connectivity index (χ0n) is 29.5. The molecule has 1 saturated heterocycles. The Morgan fingerprint density at radius 1 is 0.980 bits per heavy atom. The van der Waals surface area contributed by atoms with Crippen LogP contribution < -0.4 is 20.7 Å². The van der Waals surface area contributed by atoms with E-state index in [2.05, 4.69) is 26.2 Å². The lowest BCUT2D eigenvalue weighted by Gasteiger charge is -2.29. The fourth-order valence-electron chi connectivity index (χ4n) is 5.69.